The Morgan fingerprint density at radius 2 is 1.00 bits per heavy atom. The van der Waals surface area contributed by atoms with E-state index in [1.54, 1.807) is 18.5 Å². The average molecular weight is 406 g/mol. The molecule has 11 heteroatoms. The van der Waals surface area contributed by atoms with Gasteiger partial charge in [-0.1, -0.05) is 13.8 Å². The summed E-state index contributed by atoms with van der Waals surface area (Å²) >= 11 is 0. The highest BCUT2D eigenvalue weighted by atomic mass is 19.4. The van der Waals surface area contributed by atoms with Gasteiger partial charge in [0.15, 0.2) is 5.82 Å². The van der Waals surface area contributed by atoms with Gasteiger partial charge in [-0.15, -0.1) is 0 Å². The summed E-state index contributed by atoms with van der Waals surface area (Å²) in [5, 5.41) is 0. The number of hydrogen-bond donors (Lipinski definition) is 0. The van der Waals surface area contributed by atoms with Gasteiger partial charge in [0.05, 0.1) is 0 Å². The van der Waals surface area contributed by atoms with Crippen LogP contribution >= 0.6 is 0 Å². The number of aromatic nitrogens is 2. The second kappa shape index (κ2) is 9.56. The topological polar surface area (TPSA) is 25.8 Å². The molecule has 1 aromatic heterocycles. The molecule has 0 atom stereocenters. The van der Waals surface area contributed by atoms with E-state index in [-0.39, 0.29) is 0 Å². The number of nitrogens with zero attached hydrogens (tertiary/aromatic N) is 2. The molecule has 0 saturated carbocycles. The molecule has 0 amide bonds. The summed E-state index contributed by atoms with van der Waals surface area (Å²) in [6.07, 6.45) is -7.95. The van der Waals surface area contributed by atoms with Crippen LogP contribution in [-0.4, -0.2) is 9.97 Å². The Labute approximate surface area is 149 Å². The van der Waals surface area contributed by atoms with Gasteiger partial charge in [0.25, 0.3) is 0 Å². The SMILES string of the molecule is CC.Cc1c(F)c(C(F)(F)F)c(F)c(C(F)(F)F)c1F.Cc1ncccn1. The van der Waals surface area contributed by atoms with E-state index >= 15 is 0 Å². The normalized spacial score (nSPS) is 11.1. The molecule has 0 fully saturated rings. The first-order valence-corrected chi connectivity index (χ1v) is 7.33. The second-order valence-electron chi connectivity index (χ2n) is 4.61. The molecule has 0 aliphatic rings. The first-order valence-electron chi connectivity index (χ1n) is 7.33. The Hall–Kier alpha value is -2.33. The highest BCUT2D eigenvalue weighted by Crippen LogP contribution is 2.42. The minimum absolute atomic E-state index is 0.356. The number of rotatable bonds is 0. The lowest BCUT2D eigenvalue weighted by Crippen LogP contribution is -2.21. The molecule has 1 aromatic carbocycles. The maximum atomic E-state index is 13.0. The van der Waals surface area contributed by atoms with Crippen LogP contribution in [0.1, 0.15) is 36.4 Å². The van der Waals surface area contributed by atoms with Gasteiger partial charge < -0.3 is 0 Å². The van der Waals surface area contributed by atoms with Crippen molar-refractivity contribution in [2.75, 3.05) is 0 Å². The predicted molar refractivity (Wildman–Crippen MR) is 79.2 cm³/mol. The van der Waals surface area contributed by atoms with Crippen LogP contribution in [0.2, 0.25) is 0 Å². The van der Waals surface area contributed by atoms with Crippen LogP contribution in [0.4, 0.5) is 39.5 Å². The van der Waals surface area contributed by atoms with Crippen LogP contribution in [0.3, 0.4) is 0 Å². The molecular formula is C16H15F9N2. The molecular weight excluding hydrogens is 391 g/mol. The van der Waals surface area contributed by atoms with Crippen LogP contribution in [0.25, 0.3) is 0 Å². The van der Waals surface area contributed by atoms with Crippen molar-refractivity contribution in [1.82, 2.24) is 9.97 Å². The van der Waals surface area contributed by atoms with Crippen molar-refractivity contribution in [3.63, 3.8) is 0 Å². The molecule has 0 radical (unpaired) electrons. The van der Waals surface area contributed by atoms with Gasteiger partial charge in [-0.25, -0.2) is 23.1 Å². The van der Waals surface area contributed by atoms with E-state index in [4.69, 9.17) is 0 Å². The number of alkyl halides is 6. The van der Waals surface area contributed by atoms with Crippen molar-refractivity contribution in [2.24, 2.45) is 0 Å². The van der Waals surface area contributed by atoms with Gasteiger partial charge in [0, 0.05) is 18.0 Å². The smallest absolute Gasteiger partial charge is 0.242 e. The fourth-order valence-electron chi connectivity index (χ4n) is 1.66. The average Bonchev–Trinajstić information content (AvgIpc) is 2.53. The summed E-state index contributed by atoms with van der Waals surface area (Å²) < 4.78 is 112. The van der Waals surface area contributed by atoms with Crippen LogP contribution in [-0.2, 0) is 12.4 Å². The van der Waals surface area contributed by atoms with Gasteiger partial charge in [0.1, 0.15) is 28.6 Å². The fourth-order valence-corrected chi connectivity index (χ4v) is 1.66. The lowest BCUT2D eigenvalue weighted by Gasteiger charge is -2.17. The Kier molecular flexibility index (Phi) is 8.74. The molecule has 27 heavy (non-hydrogen) atoms. The van der Waals surface area contributed by atoms with Crippen molar-refractivity contribution >= 4 is 0 Å². The maximum absolute atomic E-state index is 13.0. The Morgan fingerprint density at radius 3 is 1.22 bits per heavy atom. The molecule has 152 valence electrons. The van der Waals surface area contributed by atoms with Crippen molar-refractivity contribution in [1.29, 1.82) is 0 Å². The number of aryl methyl sites for hydroxylation is 1. The van der Waals surface area contributed by atoms with E-state index in [1.807, 2.05) is 20.8 Å². The fraction of sp³-hybridized carbons (Fsp3) is 0.375. The molecule has 2 rings (SSSR count). The van der Waals surface area contributed by atoms with Gasteiger partial charge >= 0.3 is 12.4 Å². The van der Waals surface area contributed by atoms with Gasteiger partial charge in [-0.05, 0) is 19.9 Å². The van der Waals surface area contributed by atoms with E-state index in [0.29, 0.717) is 6.92 Å². The van der Waals surface area contributed by atoms with Gasteiger partial charge in [-0.2, -0.15) is 26.3 Å². The molecule has 1 heterocycles. The maximum Gasteiger partial charge on any atom is 0.422 e. The minimum Gasteiger partial charge on any atom is -0.242 e. The molecule has 0 bridgehead atoms. The van der Waals surface area contributed by atoms with Crippen molar-refractivity contribution < 1.29 is 39.5 Å². The lowest BCUT2D eigenvalue weighted by molar-refractivity contribution is -0.151. The first kappa shape index (κ1) is 24.7. The summed E-state index contributed by atoms with van der Waals surface area (Å²) in [6.45, 7) is 6.22. The number of halogens is 9. The van der Waals surface area contributed by atoms with Crippen LogP contribution in [0.5, 0.6) is 0 Å². The van der Waals surface area contributed by atoms with Gasteiger partial charge in [-0.3, -0.25) is 0 Å². The van der Waals surface area contributed by atoms with Gasteiger partial charge in [0.2, 0.25) is 0 Å². The molecule has 0 unspecified atom stereocenters. The summed E-state index contributed by atoms with van der Waals surface area (Å²) in [5.41, 5.74) is -7.06. The van der Waals surface area contributed by atoms with E-state index in [9.17, 15) is 39.5 Å². The number of hydrogen-bond acceptors (Lipinski definition) is 2. The summed E-state index contributed by atoms with van der Waals surface area (Å²) in [7, 11) is 0. The van der Waals surface area contributed by atoms with Crippen LogP contribution in [0.15, 0.2) is 18.5 Å². The third-order valence-electron chi connectivity index (χ3n) is 2.80. The zero-order valence-corrected chi connectivity index (χ0v) is 14.5. The standard InChI is InChI=1S/C9H3F9.C5H6N2.C2H6/c1-2-5(10)3(8(13,14)15)7(12)4(6(2)11)9(16,17)18;1-5-6-3-2-4-7-5;1-2/h1H3;2-4H,1H3;1-2H3. The molecule has 0 N–H and O–H groups in total. The van der Waals surface area contributed by atoms with E-state index in [0.717, 1.165) is 5.82 Å². The Balaban J connectivity index is 0.000000621. The quantitative estimate of drug-likeness (QED) is 0.483. The molecule has 0 aliphatic heterocycles. The summed E-state index contributed by atoms with van der Waals surface area (Å²) in [6, 6.07) is 1.80. The molecule has 2 aromatic rings. The third kappa shape index (κ3) is 6.40. The lowest BCUT2D eigenvalue weighted by atomic mass is 10.0. The van der Waals surface area contributed by atoms with Crippen LogP contribution in [0, 0.1) is 31.3 Å². The second-order valence-corrected chi connectivity index (χ2v) is 4.61. The first-order chi connectivity index (χ1) is 12.3. The predicted octanol–water partition coefficient (Wildman–Crippen LogP) is 6.26. The van der Waals surface area contributed by atoms with Crippen molar-refractivity contribution in [2.45, 2.75) is 40.0 Å². The van der Waals surface area contributed by atoms with E-state index in [1.165, 1.54) is 0 Å². The van der Waals surface area contributed by atoms with E-state index < -0.39 is 46.5 Å². The molecule has 0 saturated heterocycles. The zero-order chi connectivity index (χ0) is 21.6. The van der Waals surface area contributed by atoms with Crippen molar-refractivity contribution in [3.05, 3.63) is 58.4 Å². The summed E-state index contributed by atoms with van der Waals surface area (Å²) in [4.78, 5) is 7.74. The monoisotopic (exact) mass is 406 g/mol. The Bertz CT molecular complexity index is 697. The third-order valence-corrected chi connectivity index (χ3v) is 2.80. The zero-order valence-electron chi connectivity index (χ0n) is 14.5. The molecule has 0 spiro atoms. The minimum atomic E-state index is -5.70. The van der Waals surface area contributed by atoms with Crippen LogP contribution < -0.4 is 0 Å². The largest absolute Gasteiger partial charge is 0.422 e. The summed E-state index contributed by atoms with van der Waals surface area (Å²) in [5.74, 6) is -6.98. The number of benzene rings is 1. The molecule has 2 nitrogen and oxygen atoms in total. The van der Waals surface area contributed by atoms with Crippen molar-refractivity contribution in [3.8, 4) is 0 Å². The Morgan fingerprint density at radius 1 is 0.667 bits per heavy atom. The molecule has 0 aliphatic carbocycles. The highest BCUT2D eigenvalue weighted by Gasteiger charge is 2.47. The highest BCUT2D eigenvalue weighted by molar-refractivity contribution is 5.38. The van der Waals surface area contributed by atoms with E-state index in [2.05, 4.69) is 9.97 Å².